The molecule has 1 fully saturated rings. The van der Waals surface area contributed by atoms with Crippen LogP contribution < -0.4 is 19.7 Å². The molecule has 32 heavy (non-hydrogen) atoms. The average Bonchev–Trinajstić information content (AvgIpc) is 3.52. The van der Waals surface area contributed by atoms with Crippen molar-refractivity contribution in [3.05, 3.63) is 72.7 Å². The Kier molecular flexibility index (Phi) is 6.44. The van der Waals surface area contributed by atoms with Gasteiger partial charge in [0, 0.05) is 23.5 Å². The van der Waals surface area contributed by atoms with E-state index in [4.69, 9.17) is 13.9 Å². The number of ether oxygens (including phenoxy) is 2. The van der Waals surface area contributed by atoms with Gasteiger partial charge in [-0.2, -0.15) is 0 Å². The molecule has 1 atom stereocenters. The fourth-order valence-corrected chi connectivity index (χ4v) is 3.62. The first-order valence-corrected chi connectivity index (χ1v) is 10.6. The van der Waals surface area contributed by atoms with E-state index in [2.05, 4.69) is 12.2 Å². The van der Waals surface area contributed by atoms with Crippen molar-refractivity contribution in [2.45, 2.75) is 25.8 Å². The van der Waals surface area contributed by atoms with Crippen LogP contribution in [0.25, 0.3) is 0 Å². The van der Waals surface area contributed by atoms with Crippen molar-refractivity contribution in [3.63, 3.8) is 0 Å². The number of furan rings is 1. The Morgan fingerprint density at radius 2 is 1.88 bits per heavy atom. The van der Waals surface area contributed by atoms with Crippen molar-refractivity contribution in [2.75, 3.05) is 23.9 Å². The lowest BCUT2D eigenvalue weighted by Crippen LogP contribution is -2.42. The van der Waals surface area contributed by atoms with Crippen LogP contribution >= 0.6 is 0 Å². The van der Waals surface area contributed by atoms with Gasteiger partial charge < -0.3 is 24.1 Å². The van der Waals surface area contributed by atoms with Crippen molar-refractivity contribution >= 4 is 23.2 Å². The zero-order chi connectivity index (χ0) is 22.5. The number of methoxy groups -OCH3 is 1. The Labute approximate surface area is 186 Å². The summed E-state index contributed by atoms with van der Waals surface area (Å²) in [5.41, 5.74) is 1.37. The van der Waals surface area contributed by atoms with E-state index >= 15 is 0 Å². The topological polar surface area (TPSA) is 81.0 Å². The van der Waals surface area contributed by atoms with Crippen LogP contribution in [-0.2, 0) is 4.79 Å². The minimum Gasteiger partial charge on any atom is -0.497 e. The lowest BCUT2D eigenvalue weighted by molar-refractivity contribution is -0.121. The van der Waals surface area contributed by atoms with E-state index in [1.54, 1.807) is 48.4 Å². The number of anilines is 2. The second kappa shape index (κ2) is 9.60. The summed E-state index contributed by atoms with van der Waals surface area (Å²) in [4.78, 5) is 27.1. The number of carbonyl (C=O) groups excluding carboxylic acids is 2. The van der Waals surface area contributed by atoms with Crippen LogP contribution in [0.3, 0.4) is 0 Å². The molecular formula is C25H26N2O5. The third kappa shape index (κ3) is 5.11. The Hall–Kier alpha value is -3.74. The monoisotopic (exact) mass is 434 g/mol. The van der Waals surface area contributed by atoms with E-state index in [1.165, 1.54) is 6.26 Å². The molecule has 2 aromatic carbocycles. The van der Waals surface area contributed by atoms with Crippen molar-refractivity contribution < 1.29 is 23.5 Å². The van der Waals surface area contributed by atoms with Crippen LogP contribution in [0.1, 0.15) is 30.3 Å². The first-order chi connectivity index (χ1) is 15.5. The summed E-state index contributed by atoms with van der Waals surface area (Å²) in [6.45, 7) is 1.96. The number of benzene rings is 2. The molecule has 3 aromatic rings. The summed E-state index contributed by atoms with van der Waals surface area (Å²) in [7, 11) is 1.61. The van der Waals surface area contributed by atoms with Gasteiger partial charge in [-0.15, -0.1) is 0 Å². The minimum absolute atomic E-state index is 0.0819. The molecule has 1 aromatic heterocycles. The fourth-order valence-electron chi connectivity index (χ4n) is 3.62. The molecule has 0 bridgehead atoms. The molecule has 2 amide bonds. The van der Waals surface area contributed by atoms with E-state index < -0.39 is 0 Å². The molecule has 1 aliphatic rings. The maximum atomic E-state index is 13.2. The minimum atomic E-state index is -0.354. The highest BCUT2D eigenvalue weighted by atomic mass is 16.5. The van der Waals surface area contributed by atoms with Crippen molar-refractivity contribution in [1.29, 1.82) is 0 Å². The molecule has 0 spiro atoms. The largest absolute Gasteiger partial charge is 0.497 e. The maximum Gasteiger partial charge on any atom is 0.291 e. The van der Waals surface area contributed by atoms with Gasteiger partial charge in [-0.05, 0) is 74.2 Å². The van der Waals surface area contributed by atoms with Gasteiger partial charge in [0.2, 0.25) is 0 Å². The third-order valence-corrected chi connectivity index (χ3v) is 5.53. The van der Waals surface area contributed by atoms with Crippen molar-refractivity contribution in [3.8, 4) is 11.5 Å². The van der Waals surface area contributed by atoms with Crippen LogP contribution in [0.4, 0.5) is 11.4 Å². The quantitative estimate of drug-likeness (QED) is 0.526. The summed E-state index contributed by atoms with van der Waals surface area (Å²) < 4.78 is 16.1. The van der Waals surface area contributed by atoms with E-state index in [1.807, 2.05) is 24.3 Å². The Morgan fingerprint density at radius 1 is 1.09 bits per heavy atom. The molecule has 0 radical (unpaired) electrons. The predicted molar refractivity (Wildman–Crippen MR) is 121 cm³/mol. The van der Waals surface area contributed by atoms with Crippen LogP contribution in [-0.4, -0.2) is 31.6 Å². The molecule has 1 heterocycles. The van der Waals surface area contributed by atoms with Gasteiger partial charge >= 0.3 is 0 Å². The number of rotatable bonds is 9. The van der Waals surface area contributed by atoms with Gasteiger partial charge in [-0.25, -0.2) is 0 Å². The molecule has 1 unspecified atom stereocenters. The Balaban J connectivity index is 1.43. The second-order valence-corrected chi connectivity index (χ2v) is 7.79. The first kappa shape index (κ1) is 21.5. The SMILES string of the molecule is COc1ccc(N(C(=O)COc2cccc(NC(=O)c3ccco3)c2)C(C)C2CC2)cc1. The van der Waals surface area contributed by atoms with Gasteiger partial charge in [-0.1, -0.05) is 6.07 Å². The number of amides is 2. The van der Waals surface area contributed by atoms with Gasteiger partial charge in [0.1, 0.15) is 11.5 Å². The highest BCUT2D eigenvalue weighted by Gasteiger charge is 2.35. The average molecular weight is 434 g/mol. The second-order valence-electron chi connectivity index (χ2n) is 7.79. The predicted octanol–water partition coefficient (Wildman–Crippen LogP) is 4.75. The molecule has 0 aliphatic heterocycles. The van der Waals surface area contributed by atoms with Gasteiger partial charge in [0.25, 0.3) is 11.8 Å². The molecule has 166 valence electrons. The normalized spacial score (nSPS) is 13.8. The summed E-state index contributed by atoms with van der Waals surface area (Å²) in [5, 5.41) is 2.75. The standard InChI is InChI=1S/C25H26N2O5/c1-17(18-8-9-18)27(20-10-12-21(30-2)13-11-20)24(28)16-32-22-6-3-5-19(15-22)26-25(29)23-7-4-14-31-23/h3-7,10-15,17-18H,8-9,16H2,1-2H3,(H,26,29). The Bertz CT molecular complexity index is 1060. The zero-order valence-corrected chi connectivity index (χ0v) is 18.1. The number of hydrogen-bond donors (Lipinski definition) is 1. The van der Waals surface area contributed by atoms with E-state index in [0.717, 1.165) is 24.3 Å². The molecule has 0 saturated heterocycles. The number of hydrogen-bond acceptors (Lipinski definition) is 5. The lowest BCUT2D eigenvalue weighted by atomic mass is 10.1. The van der Waals surface area contributed by atoms with Gasteiger partial charge in [-0.3, -0.25) is 9.59 Å². The molecule has 1 saturated carbocycles. The van der Waals surface area contributed by atoms with E-state index in [9.17, 15) is 9.59 Å². The fraction of sp³-hybridized carbons (Fsp3) is 0.280. The lowest BCUT2D eigenvalue weighted by Gasteiger charge is -2.29. The van der Waals surface area contributed by atoms with Gasteiger partial charge in [0.05, 0.1) is 13.4 Å². The van der Waals surface area contributed by atoms with Crippen LogP contribution in [0.5, 0.6) is 11.5 Å². The van der Waals surface area contributed by atoms with E-state index in [0.29, 0.717) is 17.4 Å². The summed E-state index contributed by atoms with van der Waals surface area (Å²) in [6.07, 6.45) is 3.69. The molecular weight excluding hydrogens is 408 g/mol. The molecule has 7 nitrogen and oxygen atoms in total. The van der Waals surface area contributed by atoms with Gasteiger partial charge in [0.15, 0.2) is 12.4 Å². The Morgan fingerprint density at radius 3 is 2.53 bits per heavy atom. The van der Waals surface area contributed by atoms with Crippen molar-refractivity contribution in [1.82, 2.24) is 0 Å². The van der Waals surface area contributed by atoms with Crippen LogP contribution in [0.2, 0.25) is 0 Å². The van der Waals surface area contributed by atoms with Crippen LogP contribution in [0, 0.1) is 5.92 Å². The number of nitrogens with zero attached hydrogens (tertiary/aromatic N) is 1. The summed E-state index contributed by atoms with van der Waals surface area (Å²) in [5.74, 6) is 1.47. The highest BCUT2D eigenvalue weighted by molar-refractivity contribution is 6.02. The maximum absolute atomic E-state index is 13.2. The molecule has 7 heteroatoms. The highest BCUT2D eigenvalue weighted by Crippen LogP contribution is 2.37. The summed E-state index contributed by atoms with van der Waals surface area (Å²) in [6, 6.07) is 17.7. The molecule has 4 rings (SSSR count). The third-order valence-electron chi connectivity index (χ3n) is 5.53. The summed E-state index contributed by atoms with van der Waals surface area (Å²) >= 11 is 0. The van der Waals surface area contributed by atoms with Crippen LogP contribution in [0.15, 0.2) is 71.3 Å². The molecule has 1 aliphatic carbocycles. The first-order valence-electron chi connectivity index (χ1n) is 10.6. The zero-order valence-electron chi connectivity index (χ0n) is 18.1. The smallest absolute Gasteiger partial charge is 0.291 e. The number of carbonyl (C=O) groups is 2. The van der Waals surface area contributed by atoms with Crippen molar-refractivity contribution in [2.24, 2.45) is 5.92 Å². The van der Waals surface area contributed by atoms with E-state index in [-0.39, 0.29) is 30.2 Å². The number of nitrogens with one attached hydrogen (secondary N) is 1. The molecule has 1 N–H and O–H groups in total.